The van der Waals surface area contributed by atoms with Crippen LogP contribution in [-0.2, 0) is 17.8 Å². The molecule has 1 heterocycles. The summed E-state index contributed by atoms with van der Waals surface area (Å²) in [5.41, 5.74) is 4.43. The van der Waals surface area contributed by atoms with Crippen LogP contribution in [0.25, 0.3) is 10.9 Å². The number of halogens is 1. The molecule has 4 nitrogen and oxygen atoms in total. The highest BCUT2D eigenvalue weighted by molar-refractivity contribution is 5.90. The van der Waals surface area contributed by atoms with Crippen LogP contribution in [0.5, 0.6) is 5.75 Å². The summed E-state index contributed by atoms with van der Waals surface area (Å²) in [5.74, 6) is -1.26. The molecule has 0 fully saturated rings. The minimum atomic E-state index is -0.916. The average molecular weight is 341 g/mol. The van der Waals surface area contributed by atoms with E-state index in [1.54, 1.807) is 6.07 Å². The molecule has 0 saturated heterocycles. The molecule has 130 valence electrons. The maximum Gasteiger partial charge on any atom is 0.307 e. The number of aryl methyl sites for hydroxylation is 1. The van der Waals surface area contributed by atoms with E-state index in [2.05, 4.69) is 0 Å². The predicted molar refractivity (Wildman–Crippen MR) is 94.8 cm³/mol. The minimum Gasteiger partial charge on any atom is -0.494 e. The first-order valence-corrected chi connectivity index (χ1v) is 8.03. The summed E-state index contributed by atoms with van der Waals surface area (Å²) in [6.07, 6.45) is -0.113. The fraction of sp³-hybridized carbons (Fsp3) is 0.250. The van der Waals surface area contributed by atoms with Crippen LogP contribution >= 0.6 is 0 Å². The Morgan fingerprint density at radius 3 is 2.48 bits per heavy atom. The fourth-order valence-electron chi connectivity index (χ4n) is 3.16. The average Bonchev–Trinajstić information content (AvgIpc) is 2.80. The van der Waals surface area contributed by atoms with Gasteiger partial charge in [-0.15, -0.1) is 0 Å². The van der Waals surface area contributed by atoms with Crippen molar-refractivity contribution >= 4 is 16.9 Å². The molecule has 0 amide bonds. The lowest BCUT2D eigenvalue weighted by Gasteiger charge is -2.10. The SMILES string of the molecule is COc1cc2c(CC(=O)O)c(C)n(Cc3ccc(C)cc3)c2cc1F. The molecule has 0 aliphatic carbocycles. The van der Waals surface area contributed by atoms with Crippen molar-refractivity contribution in [1.29, 1.82) is 0 Å². The Hall–Kier alpha value is -2.82. The second kappa shape index (κ2) is 6.59. The van der Waals surface area contributed by atoms with Gasteiger partial charge >= 0.3 is 5.97 Å². The van der Waals surface area contributed by atoms with Crippen molar-refractivity contribution in [3.63, 3.8) is 0 Å². The molecule has 0 unspecified atom stereocenters. The number of carboxylic acids is 1. The molecule has 25 heavy (non-hydrogen) atoms. The first-order valence-electron chi connectivity index (χ1n) is 8.03. The second-order valence-electron chi connectivity index (χ2n) is 6.21. The third-order valence-electron chi connectivity index (χ3n) is 4.52. The van der Waals surface area contributed by atoms with E-state index < -0.39 is 11.8 Å². The molecule has 0 bridgehead atoms. The van der Waals surface area contributed by atoms with E-state index in [-0.39, 0.29) is 12.2 Å². The summed E-state index contributed by atoms with van der Waals surface area (Å²) < 4.78 is 21.3. The van der Waals surface area contributed by atoms with Crippen LogP contribution in [0.15, 0.2) is 36.4 Å². The molecule has 0 atom stereocenters. The Labute approximate surface area is 145 Å². The monoisotopic (exact) mass is 341 g/mol. The van der Waals surface area contributed by atoms with Gasteiger partial charge in [0.15, 0.2) is 11.6 Å². The van der Waals surface area contributed by atoms with Gasteiger partial charge in [-0.05, 0) is 31.0 Å². The van der Waals surface area contributed by atoms with E-state index in [4.69, 9.17) is 4.74 Å². The molecule has 1 aromatic heterocycles. The van der Waals surface area contributed by atoms with E-state index in [0.29, 0.717) is 23.0 Å². The van der Waals surface area contributed by atoms with Crippen molar-refractivity contribution in [2.45, 2.75) is 26.8 Å². The van der Waals surface area contributed by atoms with Gasteiger partial charge < -0.3 is 14.4 Å². The smallest absolute Gasteiger partial charge is 0.307 e. The predicted octanol–water partition coefficient (Wildman–Crippen LogP) is 4.08. The Morgan fingerprint density at radius 2 is 1.88 bits per heavy atom. The Morgan fingerprint density at radius 1 is 1.20 bits per heavy atom. The third kappa shape index (κ3) is 3.22. The second-order valence-corrected chi connectivity index (χ2v) is 6.21. The van der Waals surface area contributed by atoms with Crippen LogP contribution in [0, 0.1) is 19.7 Å². The fourth-order valence-corrected chi connectivity index (χ4v) is 3.16. The van der Waals surface area contributed by atoms with Crippen LogP contribution in [0.1, 0.15) is 22.4 Å². The van der Waals surface area contributed by atoms with E-state index in [9.17, 15) is 14.3 Å². The normalized spacial score (nSPS) is 11.0. The molecule has 0 aliphatic rings. The number of aliphatic carboxylic acids is 1. The summed E-state index contributed by atoms with van der Waals surface area (Å²) in [7, 11) is 1.40. The lowest BCUT2D eigenvalue weighted by molar-refractivity contribution is -0.136. The van der Waals surface area contributed by atoms with Gasteiger partial charge in [0.05, 0.1) is 19.0 Å². The van der Waals surface area contributed by atoms with Gasteiger partial charge in [0, 0.05) is 23.7 Å². The van der Waals surface area contributed by atoms with Gasteiger partial charge in [0.1, 0.15) is 0 Å². The highest BCUT2D eigenvalue weighted by Crippen LogP contribution is 2.32. The van der Waals surface area contributed by atoms with Crippen molar-refractivity contribution in [2.75, 3.05) is 7.11 Å². The first kappa shape index (κ1) is 17.0. The van der Waals surface area contributed by atoms with Crippen LogP contribution in [0.3, 0.4) is 0 Å². The highest BCUT2D eigenvalue weighted by atomic mass is 19.1. The number of aromatic nitrogens is 1. The standard InChI is InChI=1S/C20H20FNO3/c1-12-4-6-14(7-5-12)11-22-13(2)15(9-20(23)24)16-8-19(25-3)17(21)10-18(16)22/h4-8,10H,9,11H2,1-3H3,(H,23,24). The topological polar surface area (TPSA) is 51.5 Å². The molecule has 0 spiro atoms. The zero-order chi connectivity index (χ0) is 18.1. The van der Waals surface area contributed by atoms with Crippen molar-refractivity contribution in [1.82, 2.24) is 4.57 Å². The van der Waals surface area contributed by atoms with Gasteiger partial charge in [-0.3, -0.25) is 4.79 Å². The summed E-state index contributed by atoms with van der Waals surface area (Å²) in [6.45, 7) is 4.44. The molecule has 1 N–H and O–H groups in total. The lowest BCUT2D eigenvalue weighted by Crippen LogP contribution is -2.05. The summed E-state index contributed by atoms with van der Waals surface area (Å²) in [6, 6.07) is 11.1. The maximum atomic E-state index is 14.2. The number of rotatable bonds is 5. The molecule has 3 aromatic rings. The van der Waals surface area contributed by atoms with Crippen LogP contribution in [0.2, 0.25) is 0 Å². The Kier molecular flexibility index (Phi) is 4.49. The van der Waals surface area contributed by atoms with Gasteiger partial charge in [-0.1, -0.05) is 29.8 Å². The zero-order valence-electron chi connectivity index (χ0n) is 14.5. The first-order chi connectivity index (χ1) is 11.9. The van der Waals surface area contributed by atoms with Gasteiger partial charge in [-0.2, -0.15) is 0 Å². The Balaban J connectivity index is 2.19. The number of fused-ring (bicyclic) bond motifs is 1. The summed E-state index contributed by atoms with van der Waals surface area (Å²) in [4.78, 5) is 11.3. The number of methoxy groups -OCH3 is 1. The number of hydrogen-bond acceptors (Lipinski definition) is 2. The largest absolute Gasteiger partial charge is 0.494 e. The number of benzene rings is 2. The van der Waals surface area contributed by atoms with Crippen LogP contribution < -0.4 is 4.74 Å². The molecule has 3 rings (SSSR count). The van der Waals surface area contributed by atoms with Gasteiger partial charge in [0.2, 0.25) is 0 Å². The molecule has 0 radical (unpaired) electrons. The summed E-state index contributed by atoms with van der Waals surface area (Å²) >= 11 is 0. The van der Waals surface area contributed by atoms with Crippen LogP contribution in [0.4, 0.5) is 4.39 Å². The lowest BCUT2D eigenvalue weighted by atomic mass is 10.1. The number of hydrogen-bond donors (Lipinski definition) is 1. The molecule has 0 aliphatic heterocycles. The molecule has 2 aromatic carbocycles. The number of carboxylic acid groups (broad SMARTS) is 1. The van der Waals surface area contributed by atoms with Gasteiger partial charge in [0.25, 0.3) is 0 Å². The van der Waals surface area contributed by atoms with E-state index in [1.165, 1.54) is 18.7 Å². The summed E-state index contributed by atoms with van der Waals surface area (Å²) in [5, 5.41) is 9.96. The van der Waals surface area contributed by atoms with E-state index in [1.807, 2.05) is 42.7 Å². The quantitative estimate of drug-likeness (QED) is 0.761. The number of carbonyl (C=O) groups is 1. The van der Waals surface area contributed by atoms with Crippen molar-refractivity contribution < 1.29 is 19.0 Å². The van der Waals surface area contributed by atoms with Gasteiger partial charge in [-0.25, -0.2) is 4.39 Å². The minimum absolute atomic E-state index is 0.113. The highest BCUT2D eigenvalue weighted by Gasteiger charge is 2.19. The number of ether oxygens (including phenoxy) is 1. The third-order valence-corrected chi connectivity index (χ3v) is 4.52. The Bertz CT molecular complexity index is 942. The molecule has 0 saturated carbocycles. The van der Waals surface area contributed by atoms with Crippen LogP contribution in [-0.4, -0.2) is 22.8 Å². The van der Waals surface area contributed by atoms with Crippen molar-refractivity contribution in [3.8, 4) is 5.75 Å². The van der Waals surface area contributed by atoms with Crippen molar-refractivity contribution in [3.05, 3.63) is 64.6 Å². The molecular formula is C20H20FNO3. The van der Waals surface area contributed by atoms with E-state index >= 15 is 0 Å². The van der Waals surface area contributed by atoms with E-state index in [0.717, 1.165) is 11.3 Å². The molecular weight excluding hydrogens is 321 g/mol. The zero-order valence-corrected chi connectivity index (χ0v) is 14.5. The maximum absolute atomic E-state index is 14.2. The molecule has 5 heteroatoms. The van der Waals surface area contributed by atoms with Crippen molar-refractivity contribution in [2.24, 2.45) is 0 Å². The number of nitrogens with zero attached hydrogens (tertiary/aromatic N) is 1.